The fourth-order valence-corrected chi connectivity index (χ4v) is 1.91. The molecule has 0 unspecified atom stereocenters. The Kier molecular flexibility index (Phi) is 3.16. The van der Waals surface area contributed by atoms with Crippen molar-refractivity contribution < 1.29 is 0 Å². The van der Waals surface area contributed by atoms with E-state index in [1.807, 2.05) is 0 Å². The first kappa shape index (κ1) is 8.02. The lowest BCUT2D eigenvalue weighted by molar-refractivity contribution is 0.250. The van der Waals surface area contributed by atoms with Crippen molar-refractivity contribution in [3.05, 3.63) is 0 Å². The molecule has 0 saturated heterocycles. The van der Waals surface area contributed by atoms with Crippen molar-refractivity contribution in [2.45, 2.75) is 25.7 Å². The Morgan fingerprint density at radius 1 is 0.900 bits per heavy atom. The summed E-state index contributed by atoms with van der Waals surface area (Å²) in [6.07, 6.45) is 5.33. The van der Waals surface area contributed by atoms with Crippen molar-refractivity contribution in [1.29, 1.82) is 0 Å². The molecule has 2 atom stereocenters. The highest BCUT2D eigenvalue weighted by atomic mass is 14.6. The Labute approximate surface area is 63.0 Å². The van der Waals surface area contributed by atoms with Crippen molar-refractivity contribution in [1.82, 2.24) is 0 Å². The molecule has 1 rings (SSSR count). The molecule has 0 bridgehead atoms. The van der Waals surface area contributed by atoms with Crippen LogP contribution >= 0.6 is 0 Å². The van der Waals surface area contributed by atoms with Gasteiger partial charge in [0.2, 0.25) is 0 Å². The number of hydrogen-bond acceptors (Lipinski definition) is 2. The maximum atomic E-state index is 5.61. The zero-order chi connectivity index (χ0) is 7.40. The normalized spacial score (nSPS) is 34.2. The average molecular weight is 142 g/mol. The molecule has 0 heterocycles. The topological polar surface area (TPSA) is 52.0 Å². The molecule has 0 radical (unpaired) electrons. The second kappa shape index (κ2) is 3.94. The predicted octanol–water partition coefficient (Wildman–Crippen LogP) is 0.710. The molecule has 0 spiro atoms. The maximum absolute atomic E-state index is 5.61. The zero-order valence-corrected chi connectivity index (χ0v) is 6.55. The van der Waals surface area contributed by atoms with Crippen molar-refractivity contribution in [3.8, 4) is 0 Å². The van der Waals surface area contributed by atoms with E-state index in [2.05, 4.69) is 0 Å². The van der Waals surface area contributed by atoms with E-state index in [4.69, 9.17) is 11.5 Å². The van der Waals surface area contributed by atoms with Gasteiger partial charge in [0.1, 0.15) is 0 Å². The van der Waals surface area contributed by atoms with Crippen LogP contribution in [0.2, 0.25) is 0 Å². The van der Waals surface area contributed by atoms with Crippen molar-refractivity contribution in [2.24, 2.45) is 23.3 Å². The van der Waals surface area contributed by atoms with Crippen molar-refractivity contribution in [3.63, 3.8) is 0 Å². The first-order valence-electron chi connectivity index (χ1n) is 4.28. The second-order valence-corrected chi connectivity index (χ2v) is 3.28. The van der Waals surface area contributed by atoms with Crippen LogP contribution in [0.15, 0.2) is 0 Å². The summed E-state index contributed by atoms with van der Waals surface area (Å²) in [5, 5.41) is 0. The smallest absolute Gasteiger partial charge is 0.00457 e. The van der Waals surface area contributed by atoms with Crippen LogP contribution in [0.5, 0.6) is 0 Å². The monoisotopic (exact) mass is 142 g/mol. The highest BCUT2D eigenvalue weighted by Crippen LogP contribution is 2.27. The minimum atomic E-state index is 0.721. The van der Waals surface area contributed by atoms with Crippen LogP contribution in [0.1, 0.15) is 25.7 Å². The van der Waals surface area contributed by atoms with E-state index in [9.17, 15) is 0 Å². The predicted molar refractivity (Wildman–Crippen MR) is 43.6 cm³/mol. The van der Waals surface area contributed by atoms with Crippen LogP contribution in [0.3, 0.4) is 0 Å². The lowest BCUT2D eigenvalue weighted by Gasteiger charge is -2.29. The second-order valence-electron chi connectivity index (χ2n) is 3.28. The summed E-state index contributed by atoms with van der Waals surface area (Å²) in [7, 11) is 0. The lowest BCUT2D eigenvalue weighted by Crippen LogP contribution is -2.31. The third-order valence-electron chi connectivity index (χ3n) is 2.67. The molecular weight excluding hydrogens is 124 g/mol. The van der Waals surface area contributed by atoms with Crippen LogP contribution in [-0.4, -0.2) is 13.1 Å². The standard InChI is InChI=1S/C8H18N2/c9-5-7-3-1-2-4-8(7)6-10/h7-8H,1-6,9-10H2/t7-,8+. The molecule has 0 amide bonds. The molecule has 1 saturated carbocycles. The molecule has 0 aromatic rings. The fourth-order valence-electron chi connectivity index (χ4n) is 1.91. The summed E-state index contributed by atoms with van der Waals surface area (Å²) >= 11 is 0. The van der Waals surface area contributed by atoms with E-state index >= 15 is 0 Å². The number of hydrogen-bond donors (Lipinski definition) is 2. The van der Waals surface area contributed by atoms with Gasteiger partial charge in [-0.3, -0.25) is 0 Å². The summed E-state index contributed by atoms with van der Waals surface area (Å²) in [5.41, 5.74) is 11.2. The van der Waals surface area contributed by atoms with Gasteiger partial charge in [0.25, 0.3) is 0 Å². The third-order valence-corrected chi connectivity index (χ3v) is 2.67. The Hall–Kier alpha value is -0.0800. The molecule has 0 aromatic carbocycles. The molecule has 4 N–H and O–H groups in total. The molecule has 2 heteroatoms. The summed E-state index contributed by atoms with van der Waals surface area (Å²) in [4.78, 5) is 0. The molecule has 1 aliphatic carbocycles. The maximum Gasteiger partial charge on any atom is -0.00457 e. The van der Waals surface area contributed by atoms with E-state index in [-0.39, 0.29) is 0 Å². The van der Waals surface area contributed by atoms with Gasteiger partial charge in [-0.1, -0.05) is 12.8 Å². The van der Waals surface area contributed by atoms with Gasteiger partial charge in [-0.15, -0.1) is 0 Å². The van der Waals surface area contributed by atoms with Crippen LogP contribution in [0, 0.1) is 11.8 Å². The highest BCUT2D eigenvalue weighted by molar-refractivity contribution is 4.76. The SMILES string of the molecule is NC[C@@H]1CCCC[C@@H]1CN. The summed E-state index contributed by atoms with van der Waals surface area (Å²) < 4.78 is 0. The minimum Gasteiger partial charge on any atom is -0.330 e. The number of nitrogens with two attached hydrogens (primary N) is 2. The van der Waals surface area contributed by atoms with Crippen molar-refractivity contribution in [2.75, 3.05) is 13.1 Å². The fraction of sp³-hybridized carbons (Fsp3) is 1.00. The number of rotatable bonds is 2. The minimum absolute atomic E-state index is 0.721. The quantitative estimate of drug-likeness (QED) is 0.596. The van der Waals surface area contributed by atoms with Gasteiger partial charge in [0, 0.05) is 0 Å². The van der Waals surface area contributed by atoms with Gasteiger partial charge in [-0.25, -0.2) is 0 Å². The Balaban J connectivity index is 2.34. The van der Waals surface area contributed by atoms with E-state index < -0.39 is 0 Å². The molecule has 1 aliphatic rings. The third kappa shape index (κ3) is 1.70. The average Bonchev–Trinajstić information content (AvgIpc) is 2.04. The molecule has 0 aliphatic heterocycles. The van der Waals surface area contributed by atoms with Gasteiger partial charge in [0.05, 0.1) is 0 Å². The molecular formula is C8H18N2. The molecule has 10 heavy (non-hydrogen) atoms. The molecule has 60 valence electrons. The Morgan fingerprint density at radius 2 is 1.30 bits per heavy atom. The van der Waals surface area contributed by atoms with E-state index in [0.29, 0.717) is 0 Å². The Morgan fingerprint density at radius 3 is 1.60 bits per heavy atom. The van der Waals surface area contributed by atoms with Crippen LogP contribution in [0.4, 0.5) is 0 Å². The first-order valence-corrected chi connectivity index (χ1v) is 4.28. The largest absolute Gasteiger partial charge is 0.330 e. The van der Waals surface area contributed by atoms with Gasteiger partial charge in [-0.2, -0.15) is 0 Å². The zero-order valence-electron chi connectivity index (χ0n) is 6.55. The molecule has 1 fully saturated rings. The van der Waals surface area contributed by atoms with Gasteiger partial charge in [0.15, 0.2) is 0 Å². The van der Waals surface area contributed by atoms with Crippen LogP contribution in [0.25, 0.3) is 0 Å². The summed E-state index contributed by atoms with van der Waals surface area (Å²) in [5.74, 6) is 1.44. The van der Waals surface area contributed by atoms with E-state index in [0.717, 1.165) is 24.9 Å². The molecule has 2 nitrogen and oxygen atoms in total. The summed E-state index contributed by atoms with van der Waals surface area (Å²) in [6, 6.07) is 0. The Bertz CT molecular complexity index is 81.3. The lowest BCUT2D eigenvalue weighted by atomic mass is 9.79. The van der Waals surface area contributed by atoms with Crippen LogP contribution in [-0.2, 0) is 0 Å². The van der Waals surface area contributed by atoms with Gasteiger partial charge in [-0.05, 0) is 37.8 Å². The van der Waals surface area contributed by atoms with E-state index in [1.54, 1.807) is 0 Å². The van der Waals surface area contributed by atoms with Gasteiger partial charge >= 0.3 is 0 Å². The van der Waals surface area contributed by atoms with E-state index in [1.165, 1.54) is 25.7 Å². The van der Waals surface area contributed by atoms with Crippen LogP contribution < -0.4 is 11.5 Å². The first-order chi connectivity index (χ1) is 4.88. The molecule has 0 aromatic heterocycles. The van der Waals surface area contributed by atoms with Crippen molar-refractivity contribution >= 4 is 0 Å². The highest BCUT2D eigenvalue weighted by Gasteiger charge is 2.21. The summed E-state index contributed by atoms with van der Waals surface area (Å²) in [6.45, 7) is 1.67. The van der Waals surface area contributed by atoms with Gasteiger partial charge < -0.3 is 11.5 Å².